The molecule has 134 valence electrons. The minimum atomic E-state index is -3.78. The standard InChI is InChI=1S/C17H15N3O5S/c21-16(18-12-5-3-4-11(10-12)17(22)23)9-8-15-19-13-6-1-2-7-14(13)26(24,25)20-15/h1-7,10H,8-9H2,(H,18,21)(H,19,20)(H,22,23). The van der Waals surface area contributed by atoms with Gasteiger partial charge in [0.25, 0.3) is 10.0 Å². The lowest BCUT2D eigenvalue weighted by molar-refractivity contribution is -0.116. The van der Waals surface area contributed by atoms with Crippen LogP contribution in [0.3, 0.4) is 0 Å². The second-order valence-corrected chi connectivity index (χ2v) is 7.14. The normalized spacial score (nSPS) is 14.5. The van der Waals surface area contributed by atoms with Crippen molar-refractivity contribution in [2.75, 3.05) is 10.6 Å². The molecule has 0 atom stereocenters. The lowest BCUT2D eigenvalue weighted by Gasteiger charge is -2.17. The smallest absolute Gasteiger partial charge is 0.335 e. The van der Waals surface area contributed by atoms with Gasteiger partial charge in [-0.1, -0.05) is 18.2 Å². The van der Waals surface area contributed by atoms with Crippen molar-refractivity contribution in [1.29, 1.82) is 0 Å². The van der Waals surface area contributed by atoms with Crippen molar-refractivity contribution in [2.45, 2.75) is 17.7 Å². The minimum Gasteiger partial charge on any atom is -0.478 e. The van der Waals surface area contributed by atoms with Crippen LogP contribution in [-0.2, 0) is 14.8 Å². The van der Waals surface area contributed by atoms with E-state index >= 15 is 0 Å². The number of nitrogens with one attached hydrogen (secondary N) is 2. The van der Waals surface area contributed by atoms with Crippen LogP contribution in [-0.4, -0.2) is 31.2 Å². The number of carboxylic acid groups (broad SMARTS) is 1. The molecule has 9 heteroatoms. The molecule has 1 heterocycles. The SMILES string of the molecule is O=C(CCC1=NS(=O)(=O)c2ccccc2N1)Nc1cccc(C(=O)O)c1. The topological polar surface area (TPSA) is 125 Å². The zero-order valence-electron chi connectivity index (χ0n) is 13.5. The highest BCUT2D eigenvalue weighted by Crippen LogP contribution is 2.27. The summed E-state index contributed by atoms with van der Waals surface area (Å²) in [5, 5.41) is 14.4. The van der Waals surface area contributed by atoms with Crippen LogP contribution in [0.5, 0.6) is 0 Å². The Balaban J connectivity index is 1.65. The van der Waals surface area contributed by atoms with Crippen molar-refractivity contribution >= 4 is 39.1 Å². The largest absolute Gasteiger partial charge is 0.478 e. The highest BCUT2D eigenvalue weighted by Gasteiger charge is 2.24. The van der Waals surface area contributed by atoms with E-state index in [9.17, 15) is 18.0 Å². The average molecular weight is 373 g/mol. The van der Waals surface area contributed by atoms with Crippen LogP contribution < -0.4 is 10.6 Å². The van der Waals surface area contributed by atoms with Gasteiger partial charge in [0.2, 0.25) is 5.91 Å². The van der Waals surface area contributed by atoms with Gasteiger partial charge in [0.1, 0.15) is 10.7 Å². The number of carbonyl (C=O) groups excluding carboxylic acids is 1. The molecular weight excluding hydrogens is 358 g/mol. The third kappa shape index (κ3) is 3.89. The van der Waals surface area contributed by atoms with E-state index in [1.54, 1.807) is 24.3 Å². The maximum atomic E-state index is 12.1. The summed E-state index contributed by atoms with van der Waals surface area (Å²) in [7, 11) is -3.78. The monoisotopic (exact) mass is 373 g/mol. The Morgan fingerprint density at radius 1 is 1.12 bits per heavy atom. The summed E-state index contributed by atoms with van der Waals surface area (Å²) in [6.45, 7) is 0. The summed E-state index contributed by atoms with van der Waals surface area (Å²) in [5.41, 5.74) is 0.835. The predicted molar refractivity (Wildman–Crippen MR) is 96.0 cm³/mol. The molecule has 0 bridgehead atoms. The molecular formula is C17H15N3O5S. The molecule has 0 saturated heterocycles. The second kappa shape index (κ2) is 6.96. The highest BCUT2D eigenvalue weighted by molar-refractivity contribution is 7.90. The van der Waals surface area contributed by atoms with Gasteiger partial charge in [-0.15, -0.1) is 4.40 Å². The molecule has 1 aliphatic heterocycles. The molecule has 0 fully saturated rings. The van der Waals surface area contributed by atoms with Gasteiger partial charge < -0.3 is 15.7 Å². The molecule has 0 aromatic heterocycles. The maximum absolute atomic E-state index is 12.1. The number of carbonyl (C=O) groups is 2. The number of carboxylic acids is 1. The number of hydrogen-bond acceptors (Lipinski definition) is 5. The van der Waals surface area contributed by atoms with Gasteiger partial charge in [0, 0.05) is 18.5 Å². The molecule has 2 aromatic carbocycles. The van der Waals surface area contributed by atoms with E-state index in [1.807, 2.05) is 0 Å². The molecule has 2 aromatic rings. The molecule has 0 unspecified atom stereocenters. The number of hydrogen-bond donors (Lipinski definition) is 3. The predicted octanol–water partition coefficient (Wildman–Crippen LogP) is 2.32. The van der Waals surface area contributed by atoms with E-state index in [0.29, 0.717) is 11.4 Å². The Kier molecular flexibility index (Phi) is 4.72. The molecule has 8 nitrogen and oxygen atoms in total. The molecule has 3 N–H and O–H groups in total. The van der Waals surface area contributed by atoms with Crippen LogP contribution in [0.1, 0.15) is 23.2 Å². The number of para-hydroxylation sites is 1. The average Bonchev–Trinajstić information content (AvgIpc) is 2.60. The molecule has 1 amide bonds. The van der Waals surface area contributed by atoms with Crippen LogP contribution in [0.2, 0.25) is 0 Å². The Bertz CT molecular complexity index is 1010. The quantitative estimate of drug-likeness (QED) is 0.739. The second-order valence-electron chi connectivity index (χ2n) is 5.57. The van der Waals surface area contributed by atoms with Gasteiger partial charge >= 0.3 is 5.97 Å². The van der Waals surface area contributed by atoms with Crippen LogP contribution in [0.15, 0.2) is 57.8 Å². The van der Waals surface area contributed by atoms with E-state index in [-0.39, 0.29) is 35.0 Å². The van der Waals surface area contributed by atoms with Gasteiger partial charge in [-0.2, -0.15) is 8.42 Å². The molecule has 0 saturated carbocycles. The first-order chi connectivity index (χ1) is 12.3. The minimum absolute atomic E-state index is 0.0131. The molecule has 0 aliphatic carbocycles. The van der Waals surface area contributed by atoms with Gasteiger partial charge in [0.05, 0.1) is 11.3 Å². The fourth-order valence-corrected chi connectivity index (χ4v) is 3.63. The van der Waals surface area contributed by atoms with Crippen molar-refractivity contribution < 1.29 is 23.1 Å². The van der Waals surface area contributed by atoms with Gasteiger partial charge in [0.15, 0.2) is 0 Å². The Morgan fingerprint density at radius 2 is 1.88 bits per heavy atom. The van der Waals surface area contributed by atoms with Crippen molar-refractivity contribution in [2.24, 2.45) is 4.40 Å². The zero-order valence-corrected chi connectivity index (χ0v) is 14.3. The molecule has 0 spiro atoms. The van der Waals surface area contributed by atoms with Gasteiger partial charge in [-0.05, 0) is 30.3 Å². The summed E-state index contributed by atoms with van der Waals surface area (Å²) in [6, 6.07) is 12.2. The van der Waals surface area contributed by atoms with Crippen molar-refractivity contribution in [3.8, 4) is 0 Å². The fourth-order valence-electron chi connectivity index (χ4n) is 2.46. The Labute approximate surface area is 149 Å². The summed E-state index contributed by atoms with van der Waals surface area (Å²) < 4.78 is 28.0. The lowest BCUT2D eigenvalue weighted by atomic mass is 10.2. The summed E-state index contributed by atoms with van der Waals surface area (Å²) in [4.78, 5) is 23.1. The van der Waals surface area contributed by atoms with Gasteiger partial charge in [-0.25, -0.2) is 4.79 Å². The molecule has 3 rings (SSSR count). The van der Waals surface area contributed by atoms with Crippen molar-refractivity contribution in [1.82, 2.24) is 0 Å². The van der Waals surface area contributed by atoms with E-state index in [1.165, 1.54) is 24.3 Å². The van der Waals surface area contributed by atoms with E-state index in [4.69, 9.17) is 5.11 Å². The number of aromatic carboxylic acids is 1. The number of nitrogens with zero attached hydrogens (tertiary/aromatic N) is 1. The van der Waals surface area contributed by atoms with Crippen LogP contribution >= 0.6 is 0 Å². The number of fused-ring (bicyclic) bond motifs is 1. The molecule has 0 radical (unpaired) electrons. The van der Waals surface area contributed by atoms with Crippen LogP contribution in [0.4, 0.5) is 11.4 Å². The Morgan fingerprint density at radius 3 is 2.65 bits per heavy atom. The van der Waals surface area contributed by atoms with Crippen LogP contribution in [0.25, 0.3) is 0 Å². The van der Waals surface area contributed by atoms with Crippen LogP contribution in [0, 0.1) is 0 Å². The van der Waals surface area contributed by atoms with Crippen molar-refractivity contribution in [3.63, 3.8) is 0 Å². The molecule has 26 heavy (non-hydrogen) atoms. The number of amidine groups is 1. The van der Waals surface area contributed by atoms with E-state index < -0.39 is 16.0 Å². The third-order valence-electron chi connectivity index (χ3n) is 3.66. The van der Waals surface area contributed by atoms with E-state index in [0.717, 1.165) is 0 Å². The third-order valence-corrected chi connectivity index (χ3v) is 5.03. The number of anilines is 2. The highest BCUT2D eigenvalue weighted by atomic mass is 32.2. The number of amides is 1. The first kappa shape index (κ1) is 17.6. The van der Waals surface area contributed by atoms with E-state index in [2.05, 4.69) is 15.0 Å². The Hall–Kier alpha value is -3.20. The lowest BCUT2D eigenvalue weighted by Crippen LogP contribution is -2.23. The molecule has 1 aliphatic rings. The number of rotatable bonds is 5. The fraction of sp³-hybridized carbons (Fsp3) is 0.118. The number of sulfonamides is 1. The van der Waals surface area contributed by atoms with Gasteiger partial charge in [-0.3, -0.25) is 4.79 Å². The first-order valence-corrected chi connectivity index (χ1v) is 9.12. The number of benzene rings is 2. The summed E-state index contributed by atoms with van der Waals surface area (Å²) in [6.07, 6.45) is 0.0822. The first-order valence-electron chi connectivity index (χ1n) is 7.68. The maximum Gasteiger partial charge on any atom is 0.335 e. The summed E-state index contributed by atoms with van der Waals surface area (Å²) >= 11 is 0. The van der Waals surface area contributed by atoms with Crippen molar-refractivity contribution in [3.05, 3.63) is 54.1 Å². The summed E-state index contributed by atoms with van der Waals surface area (Å²) in [5.74, 6) is -1.29. The zero-order chi connectivity index (χ0) is 18.7.